The zero-order chi connectivity index (χ0) is 17.7. The van der Waals surface area contributed by atoms with Crippen molar-refractivity contribution in [2.75, 3.05) is 16.3 Å². The zero-order valence-corrected chi connectivity index (χ0v) is 15.0. The van der Waals surface area contributed by atoms with Gasteiger partial charge in [-0.1, -0.05) is 30.0 Å². The van der Waals surface area contributed by atoms with Crippen molar-refractivity contribution in [3.8, 4) is 0 Å². The molecule has 24 heavy (non-hydrogen) atoms. The van der Waals surface area contributed by atoms with E-state index < -0.39 is 15.9 Å². The Morgan fingerprint density at radius 3 is 2.50 bits per heavy atom. The summed E-state index contributed by atoms with van der Waals surface area (Å²) in [4.78, 5) is 10.9. The number of benzene rings is 1. The number of thioether (sulfide) groups is 1. The minimum atomic E-state index is -3.49. The molecule has 0 atom stereocenters. The van der Waals surface area contributed by atoms with Gasteiger partial charge in [-0.05, 0) is 19.1 Å². The lowest BCUT2D eigenvalue weighted by Gasteiger charge is -2.22. The molecule has 0 saturated heterocycles. The van der Waals surface area contributed by atoms with Gasteiger partial charge in [0.1, 0.15) is 0 Å². The summed E-state index contributed by atoms with van der Waals surface area (Å²) in [5.41, 5.74) is 5.70. The van der Waals surface area contributed by atoms with Crippen LogP contribution in [0.4, 0.5) is 5.69 Å². The van der Waals surface area contributed by atoms with E-state index in [1.807, 2.05) is 13.0 Å². The number of anilines is 1. The van der Waals surface area contributed by atoms with Gasteiger partial charge in [-0.25, -0.2) is 8.42 Å². The highest BCUT2D eigenvalue weighted by atomic mass is 32.2. The molecular weight excluding hydrogens is 350 g/mol. The van der Waals surface area contributed by atoms with Crippen molar-refractivity contribution in [1.29, 1.82) is 0 Å². The molecule has 0 saturated carbocycles. The summed E-state index contributed by atoms with van der Waals surface area (Å²) in [6, 6.07) is 8.79. The lowest BCUT2D eigenvalue weighted by Crippen LogP contribution is -2.30. The summed E-state index contributed by atoms with van der Waals surface area (Å²) < 4.78 is 27.4. The number of carbonyl (C=O) groups is 1. The van der Waals surface area contributed by atoms with Crippen LogP contribution in [0.2, 0.25) is 0 Å². The molecule has 1 amide bonds. The summed E-state index contributed by atoms with van der Waals surface area (Å²) >= 11 is 1.18. The van der Waals surface area contributed by atoms with Gasteiger partial charge in [0.2, 0.25) is 15.9 Å². The molecule has 0 bridgehead atoms. The van der Waals surface area contributed by atoms with Gasteiger partial charge in [-0.15, -0.1) is 10.2 Å². The molecule has 2 N–H and O–H groups in total. The molecule has 1 aromatic heterocycles. The van der Waals surface area contributed by atoms with Gasteiger partial charge < -0.3 is 10.3 Å². The van der Waals surface area contributed by atoms with Crippen LogP contribution in [0.15, 0.2) is 35.5 Å². The van der Waals surface area contributed by atoms with Crippen molar-refractivity contribution < 1.29 is 13.2 Å². The van der Waals surface area contributed by atoms with Crippen molar-refractivity contribution in [3.05, 3.63) is 36.2 Å². The SMILES string of the molecule is CCn1c(CN(c2ccccc2)S(C)(=O)=O)nnc1SCC(N)=O. The number of hydrogen-bond donors (Lipinski definition) is 1. The number of para-hydroxylation sites is 1. The van der Waals surface area contributed by atoms with Crippen molar-refractivity contribution in [2.45, 2.75) is 25.2 Å². The Balaban J connectivity index is 2.32. The van der Waals surface area contributed by atoms with Crippen LogP contribution in [0, 0.1) is 0 Å². The van der Waals surface area contributed by atoms with Gasteiger partial charge in [0.05, 0.1) is 24.2 Å². The van der Waals surface area contributed by atoms with Crippen LogP contribution in [0.25, 0.3) is 0 Å². The van der Waals surface area contributed by atoms with Crippen LogP contribution in [-0.4, -0.2) is 41.1 Å². The van der Waals surface area contributed by atoms with E-state index in [9.17, 15) is 13.2 Å². The first kappa shape index (κ1) is 18.3. The minimum Gasteiger partial charge on any atom is -0.369 e. The van der Waals surface area contributed by atoms with E-state index in [1.165, 1.54) is 16.1 Å². The molecule has 130 valence electrons. The predicted molar refractivity (Wildman–Crippen MR) is 93.1 cm³/mol. The Bertz CT molecular complexity index is 805. The third-order valence-electron chi connectivity index (χ3n) is 3.18. The number of nitrogens with zero attached hydrogens (tertiary/aromatic N) is 4. The number of amides is 1. The molecule has 0 fully saturated rings. The fraction of sp³-hybridized carbons (Fsp3) is 0.357. The van der Waals surface area contributed by atoms with Gasteiger partial charge in [0.25, 0.3) is 0 Å². The monoisotopic (exact) mass is 369 g/mol. The van der Waals surface area contributed by atoms with Crippen molar-refractivity contribution in [1.82, 2.24) is 14.8 Å². The van der Waals surface area contributed by atoms with Gasteiger partial charge in [0, 0.05) is 6.54 Å². The number of nitrogens with two attached hydrogens (primary N) is 1. The number of rotatable bonds is 8. The van der Waals surface area contributed by atoms with Crippen LogP contribution < -0.4 is 10.0 Å². The Kier molecular flexibility index (Phi) is 5.84. The predicted octanol–water partition coefficient (Wildman–Crippen LogP) is 0.842. The van der Waals surface area contributed by atoms with Gasteiger partial charge in [-0.3, -0.25) is 9.10 Å². The highest BCUT2D eigenvalue weighted by Crippen LogP contribution is 2.22. The van der Waals surface area contributed by atoms with E-state index in [1.54, 1.807) is 28.8 Å². The Morgan fingerprint density at radius 1 is 1.29 bits per heavy atom. The Morgan fingerprint density at radius 2 is 1.96 bits per heavy atom. The summed E-state index contributed by atoms with van der Waals surface area (Å²) in [7, 11) is -3.49. The first-order valence-electron chi connectivity index (χ1n) is 7.19. The van der Waals surface area contributed by atoms with Gasteiger partial charge in [0.15, 0.2) is 11.0 Å². The molecule has 10 heteroatoms. The number of carbonyl (C=O) groups excluding carboxylic acids is 1. The summed E-state index contributed by atoms with van der Waals surface area (Å²) in [5.74, 6) is 0.139. The highest BCUT2D eigenvalue weighted by Gasteiger charge is 2.22. The zero-order valence-electron chi connectivity index (χ0n) is 13.4. The second kappa shape index (κ2) is 7.67. The lowest BCUT2D eigenvalue weighted by molar-refractivity contribution is -0.115. The molecule has 0 aliphatic carbocycles. The number of primary amides is 1. The second-order valence-electron chi connectivity index (χ2n) is 5.00. The van der Waals surface area contributed by atoms with E-state index in [0.717, 1.165) is 6.26 Å². The largest absolute Gasteiger partial charge is 0.369 e. The third-order valence-corrected chi connectivity index (χ3v) is 5.31. The standard InChI is InChI=1S/C14H19N5O3S2/c1-3-18-13(16-17-14(18)23-10-12(15)20)9-19(24(2,21)22)11-7-5-4-6-8-11/h4-8H,3,9-10H2,1-2H3,(H2,15,20). The topological polar surface area (TPSA) is 111 Å². The quantitative estimate of drug-likeness (QED) is 0.690. The van der Waals surface area contributed by atoms with Crippen LogP contribution in [0.5, 0.6) is 0 Å². The maximum Gasteiger partial charge on any atom is 0.232 e. The van der Waals surface area contributed by atoms with E-state index >= 15 is 0 Å². The maximum atomic E-state index is 12.2. The highest BCUT2D eigenvalue weighted by molar-refractivity contribution is 7.99. The van der Waals surface area contributed by atoms with Gasteiger partial charge in [-0.2, -0.15) is 0 Å². The molecule has 1 heterocycles. The number of sulfonamides is 1. The molecule has 1 aromatic carbocycles. The second-order valence-corrected chi connectivity index (χ2v) is 7.85. The maximum absolute atomic E-state index is 12.2. The van der Waals surface area contributed by atoms with Crippen molar-refractivity contribution >= 4 is 33.4 Å². The van der Waals surface area contributed by atoms with E-state index in [4.69, 9.17) is 5.73 Å². The summed E-state index contributed by atoms with van der Waals surface area (Å²) in [6.07, 6.45) is 1.15. The molecule has 0 radical (unpaired) electrons. The molecule has 0 spiro atoms. The molecular formula is C14H19N5O3S2. The number of hydrogen-bond acceptors (Lipinski definition) is 6. The molecule has 2 aromatic rings. The minimum absolute atomic E-state index is 0.0564. The number of aromatic nitrogens is 3. The smallest absolute Gasteiger partial charge is 0.232 e. The fourth-order valence-corrected chi connectivity index (χ4v) is 3.73. The Hall–Kier alpha value is -2.07. The van der Waals surface area contributed by atoms with Crippen molar-refractivity contribution in [3.63, 3.8) is 0 Å². The molecule has 0 unspecified atom stereocenters. The van der Waals surface area contributed by atoms with E-state index in [-0.39, 0.29) is 12.3 Å². The lowest BCUT2D eigenvalue weighted by atomic mass is 10.3. The first-order valence-corrected chi connectivity index (χ1v) is 10.0. The van der Waals surface area contributed by atoms with E-state index in [2.05, 4.69) is 10.2 Å². The molecule has 0 aliphatic rings. The van der Waals surface area contributed by atoms with Crippen LogP contribution in [-0.2, 0) is 27.9 Å². The summed E-state index contributed by atoms with van der Waals surface area (Å²) in [5, 5.41) is 8.65. The van der Waals surface area contributed by atoms with E-state index in [0.29, 0.717) is 23.2 Å². The summed E-state index contributed by atoms with van der Waals surface area (Å²) in [6.45, 7) is 2.51. The van der Waals surface area contributed by atoms with Crippen LogP contribution >= 0.6 is 11.8 Å². The van der Waals surface area contributed by atoms with Crippen molar-refractivity contribution in [2.24, 2.45) is 5.73 Å². The molecule has 0 aliphatic heterocycles. The van der Waals surface area contributed by atoms with Gasteiger partial charge >= 0.3 is 0 Å². The van der Waals surface area contributed by atoms with Crippen LogP contribution in [0.1, 0.15) is 12.7 Å². The molecule has 8 nitrogen and oxygen atoms in total. The average molecular weight is 369 g/mol. The van der Waals surface area contributed by atoms with Crippen LogP contribution in [0.3, 0.4) is 0 Å². The Labute approximate surface area is 145 Å². The normalized spacial score (nSPS) is 11.4. The third kappa shape index (κ3) is 4.48. The average Bonchev–Trinajstić information content (AvgIpc) is 2.92. The fourth-order valence-electron chi connectivity index (χ4n) is 2.12. The first-order chi connectivity index (χ1) is 11.3. The molecule has 2 rings (SSSR count).